The number of aliphatic carboxylic acids is 1. The van der Waals surface area contributed by atoms with Gasteiger partial charge in [-0.15, -0.1) is 0 Å². The number of nitrogens with zero attached hydrogens (tertiary/aromatic N) is 1. The lowest BCUT2D eigenvalue weighted by Gasteiger charge is -2.46. The van der Waals surface area contributed by atoms with Gasteiger partial charge in [-0.3, -0.25) is 9.59 Å². The van der Waals surface area contributed by atoms with Crippen LogP contribution < -0.4 is 5.73 Å². The summed E-state index contributed by atoms with van der Waals surface area (Å²) in [5.41, 5.74) is 4.63. The van der Waals surface area contributed by atoms with Gasteiger partial charge in [-0.05, 0) is 26.2 Å². The van der Waals surface area contributed by atoms with Gasteiger partial charge in [-0.2, -0.15) is 0 Å². The maximum Gasteiger partial charge on any atom is 0.305 e. The highest BCUT2D eigenvalue weighted by molar-refractivity contribution is 5.84. The fraction of sp³-hybridized carbons (Fsp3) is 0.867. The lowest BCUT2D eigenvalue weighted by molar-refractivity contribution is -0.151. The number of hydrogen-bond donors (Lipinski definition) is 2. The largest absolute Gasteiger partial charge is 0.481 e. The first kappa shape index (κ1) is 17.0. The highest BCUT2D eigenvalue weighted by Crippen LogP contribution is 2.38. The third-order valence-corrected chi connectivity index (χ3v) is 5.03. The molecule has 0 spiro atoms. The molecule has 3 N–H and O–H groups in total. The van der Waals surface area contributed by atoms with E-state index in [4.69, 9.17) is 5.73 Å². The van der Waals surface area contributed by atoms with E-state index in [0.717, 1.165) is 32.1 Å². The van der Waals surface area contributed by atoms with Crippen molar-refractivity contribution in [3.05, 3.63) is 0 Å². The van der Waals surface area contributed by atoms with E-state index in [1.54, 1.807) is 11.9 Å². The summed E-state index contributed by atoms with van der Waals surface area (Å²) in [6.07, 6.45) is 5.31. The summed E-state index contributed by atoms with van der Waals surface area (Å²) in [6.45, 7) is 4.10. The van der Waals surface area contributed by atoms with Crippen molar-refractivity contribution >= 4 is 11.9 Å². The predicted octanol–water partition coefficient (Wildman–Crippen LogP) is 2.00. The van der Waals surface area contributed by atoms with Gasteiger partial charge in [0.25, 0.3) is 0 Å². The Morgan fingerprint density at radius 2 is 1.85 bits per heavy atom. The van der Waals surface area contributed by atoms with E-state index in [0.29, 0.717) is 6.42 Å². The third-order valence-electron chi connectivity index (χ3n) is 5.03. The van der Waals surface area contributed by atoms with Crippen molar-refractivity contribution in [1.29, 1.82) is 0 Å². The van der Waals surface area contributed by atoms with Crippen molar-refractivity contribution in [2.24, 2.45) is 11.1 Å². The minimum absolute atomic E-state index is 0.0225. The molecule has 0 aromatic heterocycles. The van der Waals surface area contributed by atoms with Crippen LogP contribution in [0.15, 0.2) is 0 Å². The molecule has 0 heterocycles. The Labute approximate surface area is 121 Å². The molecule has 0 aromatic rings. The molecule has 1 rings (SSSR count). The Bertz CT molecular complexity index is 358. The summed E-state index contributed by atoms with van der Waals surface area (Å²) >= 11 is 0. The number of nitrogens with two attached hydrogens (primary N) is 1. The zero-order valence-electron chi connectivity index (χ0n) is 12.9. The summed E-state index contributed by atoms with van der Waals surface area (Å²) < 4.78 is 0. The Morgan fingerprint density at radius 1 is 1.30 bits per heavy atom. The molecule has 0 bridgehead atoms. The Hall–Kier alpha value is -1.10. The van der Waals surface area contributed by atoms with Crippen LogP contribution in [0.5, 0.6) is 0 Å². The van der Waals surface area contributed by atoms with Crippen molar-refractivity contribution < 1.29 is 14.7 Å². The summed E-state index contributed by atoms with van der Waals surface area (Å²) in [4.78, 5) is 25.7. The molecule has 1 unspecified atom stereocenters. The lowest BCUT2D eigenvalue weighted by Crippen LogP contribution is -2.57. The van der Waals surface area contributed by atoms with Crippen molar-refractivity contribution in [1.82, 2.24) is 4.90 Å². The summed E-state index contributed by atoms with van der Waals surface area (Å²) in [5, 5.41) is 9.22. The first-order valence-corrected chi connectivity index (χ1v) is 7.51. The molecule has 0 radical (unpaired) electrons. The van der Waals surface area contributed by atoms with Gasteiger partial charge in [-0.1, -0.05) is 26.2 Å². The molecule has 0 aromatic carbocycles. The Balaban J connectivity index is 3.01. The van der Waals surface area contributed by atoms with Gasteiger partial charge >= 0.3 is 5.97 Å². The first-order chi connectivity index (χ1) is 9.31. The van der Waals surface area contributed by atoms with Crippen molar-refractivity contribution in [2.45, 2.75) is 64.3 Å². The molecular formula is C15H28N2O3. The smallest absolute Gasteiger partial charge is 0.305 e. The number of carboxylic acid groups (broad SMARTS) is 1. The molecule has 1 atom stereocenters. The molecule has 0 aliphatic heterocycles. The fourth-order valence-corrected chi connectivity index (χ4v) is 3.13. The summed E-state index contributed by atoms with van der Waals surface area (Å²) in [6, 6.07) is 0. The van der Waals surface area contributed by atoms with Crippen LogP contribution in [-0.2, 0) is 9.59 Å². The Kier molecular flexibility index (Phi) is 5.57. The maximum atomic E-state index is 12.8. The molecule has 5 nitrogen and oxygen atoms in total. The second kappa shape index (κ2) is 6.57. The van der Waals surface area contributed by atoms with E-state index in [9.17, 15) is 14.7 Å². The first-order valence-electron chi connectivity index (χ1n) is 7.51. The van der Waals surface area contributed by atoms with Crippen LogP contribution in [0.4, 0.5) is 0 Å². The van der Waals surface area contributed by atoms with Gasteiger partial charge < -0.3 is 15.7 Å². The minimum atomic E-state index is -0.836. The molecule has 1 aliphatic rings. The van der Waals surface area contributed by atoms with Gasteiger partial charge in [-0.25, -0.2) is 0 Å². The summed E-state index contributed by atoms with van der Waals surface area (Å²) in [5.74, 6) is -0.858. The van der Waals surface area contributed by atoms with Gasteiger partial charge in [0.1, 0.15) is 0 Å². The van der Waals surface area contributed by atoms with Crippen LogP contribution >= 0.6 is 0 Å². The predicted molar refractivity (Wildman–Crippen MR) is 78.3 cm³/mol. The van der Waals surface area contributed by atoms with E-state index in [-0.39, 0.29) is 18.9 Å². The minimum Gasteiger partial charge on any atom is -0.481 e. The summed E-state index contributed by atoms with van der Waals surface area (Å²) in [7, 11) is 1.75. The highest BCUT2D eigenvalue weighted by atomic mass is 16.4. The molecule has 1 saturated carbocycles. The third kappa shape index (κ3) is 3.32. The maximum absolute atomic E-state index is 12.8. The second-order valence-electron chi connectivity index (χ2n) is 6.34. The van der Waals surface area contributed by atoms with Crippen LogP contribution in [0.3, 0.4) is 0 Å². The van der Waals surface area contributed by atoms with E-state index in [2.05, 4.69) is 0 Å². The second-order valence-corrected chi connectivity index (χ2v) is 6.34. The SMILES string of the molecule is CCC(C)(CN)C(=O)N(C)C1(CC(=O)O)CCCCC1. The molecular weight excluding hydrogens is 256 g/mol. The van der Waals surface area contributed by atoms with E-state index < -0.39 is 16.9 Å². The average molecular weight is 284 g/mol. The van der Waals surface area contributed by atoms with E-state index >= 15 is 0 Å². The molecule has 116 valence electrons. The number of hydrogen-bond acceptors (Lipinski definition) is 3. The molecule has 1 fully saturated rings. The molecule has 1 amide bonds. The van der Waals surface area contributed by atoms with Gasteiger partial charge in [0, 0.05) is 13.6 Å². The topological polar surface area (TPSA) is 83.6 Å². The number of carbonyl (C=O) groups is 2. The average Bonchev–Trinajstić information content (AvgIpc) is 2.45. The zero-order valence-corrected chi connectivity index (χ0v) is 12.9. The zero-order chi connectivity index (χ0) is 15.4. The van der Waals surface area contributed by atoms with Crippen LogP contribution in [0.25, 0.3) is 0 Å². The van der Waals surface area contributed by atoms with Crippen LogP contribution in [-0.4, -0.2) is 41.0 Å². The van der Waals surface area contributed by atoms with Crippen molar-refractivity contribution in [2.75, 3.05) is 13.6 Å². The molecule has 5 heteroatoms. The fourth-order valence-electron chi connectivity index (χ4n) is 3.13. The van der Waals surface area contributed by atoms with Crippen molar-refractivity contribution in [3.8, 4) is 0 Å². The standard InChI is InChI=1S/C15H28N2O3/c1-4-14(2,11-16)13(20)17(3)15(10-12(18)19)8-6-5-7-9-15/h4-11,16H2,1-3H3,(H,18,19). The molecule has 0 saturated heterocycles. The van der Waals surface area contributed by atoms with Gasteiger partial charge in [0.15, 0.2) is 0 Å². The number of carbonyl (C=O) groups excluding carboxylic acids is 1. The van der Waals surface area contributed by atoms with E-state index in [1.807, 2.05) is 13.8 Å². The van der Waals surface area contributed by atoms with Crippen LogP contribution in [0, 0.1) is 5.41 Å². The van der Waals surface area contributed by atoms with E-state index in [1.165, 1.54) is 0 Å². The Morgan fingerprint density at radius 3 is 2.25 bits per heavy atom. The van der Waals surface area contributed by atoms with Gasteiger partial charge in [0.2, 0.25) is 5.91 Å². The highest BCUT2D eigenvalue weighted by Gasteiger charge is 2.44. The van der Waals surface area contributed by atoms with Crippen molar-refractivity contribution in [3.63, 3.8) is 0 Å². The van der Waals surface area contributed by atoms with Gasteiger partial charge in [0.05, 0.1) is 17.4 Å². The quantitative estimate of drug-likeness (QED) is 0.781. The monoisotopic (exact) mass is 284 g/mol. The normalized spacial score (nSPS) is 21.0. The van der Waals surface area contributed by atoms with Crippen LogP contribution in [0.1, 0.15) is 58.8 Å². The van der Waals surface area contributed by atoms with Crippen LogP contribution in [0.2, 0.25) is 0 Å². The molecule has 1 aliphatic carbocycles. The number of carboxylic acids is 1. The lowest BCUT2D eigenvalue weighted by atomic mass is 9.76. The number of rotatable bonds is 6. The number of amides is 1. The molecule has 20 heavy (non-hydrogen) atoms.